The molecule has 0 amide bonds. The van der Waals surface area contributed by atoms with E-state index in [9.17, 15) is 19.8 Å². The number of hydrogen-bond donors (Lipinski definition) is 2. The zero-order valence-electron chi connectivity index (χ0n) is 17.3. The highest BCUT2D eigenvalue weighted by molar-refractivity contribution is 5.84. The molecular weight excluding hydrogens is 356 g/mol. The highest BCUT2D eigenvalue weighted by Gasteiger charge is 2.39. The molecule has 28 heavy (non-hydrogen) atoms. The van der Waals surface area contributed by atoms with Gasteiger partial charge in [0.2, 0.25) is 0 Å². The van der Waals surface area contributed by atoms with E-state index in [1.165, 1.54) is 7.11 Å². The van der Waals surface area contributed by atoms with Gasteiger partial charge in [0, 0.05) is 24.7 Å². The first-order chi connectivity index (χ1) is 13.4. The van der Waals surface area contributed by atoms with E-state index in [1.807, 2.05) is 24.3 Å². The van der Waals surface area contributed by atoms with Crippen LogP contribution in [0.15, 0.2) is 37.0 Å². The minimum absolute atomic E-state index is 0.0753. The predicted molar refractivity (Wildman–Crippen MR) is 111 cm³/mol. The fourth-order valence-corrected chi connectivity index (χ4v) is 3.55. The van der Waals surface area contributed by atoms with E-state index in [4.69, 9.17) is 0 Å². The van der Waals surface area contributed by atoms with Gasteiger partial charge in [-0.25, -0.2) is 0 Å². The van der Waals surface area contributed by atoms with E-state index in [0.29, 0.717) is 32.1 Å². The van der Waals surface area contributed by atoms with Gasteiger partial charge in [0.15, 0.2) is 0 Å². The molecular formula is C23H36O5. The van der Waals surface area contributed by atoms with Crippen LogP contribution in [0, 0.1) is 11.8 Å². The second kappa shape index (κ2) is 12.7. The zero-order chi connectivity index (χ0) is 21.0. The number of ether oxygens (including phenoxy) is 1. The highest BCUT2D eigenvalue weighted by atomic mass is 16.5. The van der Waals surface area contributed by atoms with Gasteiger partial charge in [-0.2, -0.15) is 0 Å². The third-order valence-corrected chi connectivity index (χ3v) is 5.44. The average Bonchev–Trinajstić information content (AvgIpc) is 2.95. The molecule has 2 N–H and O–H groups in total. The van der Waals surface area contributed by atoms with Crippen molar-refractivity contribution in [2.45, 2.75) is 76.4 Å². The molecule has 1 saturated carbocycles. The summed E-state index contributed by atoms with van der Waals surface area (Å²) in [7, 11) is 1.38. The van der Waals surface area contributed by atoms with Crippen molar-refractivity contribution >= 4 is 11.8 Å². The summed E-state index contributed by atoms with van der Waals surface area (Å²) in [5, 5.41) is 20.8. The van der Waals surface area contributed by atoms with Gasteiger partial charge in [-0.1, -0.05) is 50.1 Å². The number of carbonyl (C=O) groups is 2. The fourth-order valence-electron chi connectivity index (χ4n) is 3.55. The molecule has 0 aromatic heterocycles. The maximum Gasteiger partial charge on any atom is 0.305 e. The maximum absolute atomic E-state index is 12.2. The van der Waals surface area contributed by atoms with Crippen LogP contribution in [0.2, 0.25) is 0 Å². The lowest BCUT2D eigenvalue weighted by molar-refractivity contribution is -0.140. The predicted octanol–water partition coefficient (Wildman–Crippen LogP) is 3.90. The Morgan fingerprint density at radius 2 is 2.07 bits per heavy atom. The highest BCUT2D eigenvalue weighted by Crippen LogP contribution is 2.34. The summed E-state index contributed by atoms with van der Waals surface area (Å²) < 4.78 is 4.60. The normalized spacial score (nSPS) is 24.7. The largest absolute Gasteiger partial charge is 0.469 e. The first kappa shape index (κ1) is 24.3. The molecule has 1 aliphatic rings. The van der Waals surface area contributed by atoms with Gasteiger partial charge in [-0.3, -0.25) is 9.59 Å². The molecule has 0 bridgehead atoms. The molecule has 5 nitrogen and oxygen atoms in total. The van der Waals surface area contributed by atoms with Gasteiger partial charge in [-0.05, 0) is 32.1 Å². The Morgan fingerprint density at radius 1 is 1.32 bits per heavy atom. The second-order valence-electron chi connectivity index (χ2n) is 7.64. The van der Waals surface area contributed by atoms with Crippen LogP contribution in [0.5, 0.6) is 0 Å². The Hall–Kier alpha value is -1.72. The number of aliphatic hydroxyl groups is 2. The third-order valence-electron chi connectivity index (χ3n) is 5.44. The summed E-state index contributed by atoms with van der Waals surface area (Å²) in [4.78, 5) is 23.3. The standard InChI is InChI=1S/C23H36O5/c1-4-6-15-23(27,5-2)16-11-13-19-18(20(24)17-21(19)25)12-9-7-8-10-14-22(26)28-3/h5,7,9,11,13,18-19,21,25,27H,2,4,6,8,10,12,14-17H2,1,3H3/b9-7-,13-11+/t18-,19-,21-,23+/m1/s1. The number of ketones is 1. The van der Waals surface area contributed by atoms with E-state index in [0.717, 1.165) is 19.3 Å². The van der Waals surface area contributed by atoms with Crippen LogP contribution in [0.25, 0.3) is 0 Å². The van der Waals surface area contributed by atoms with E-state index < -0.39 is 11.7 Å². The molecule has 4 atom stereocenters. The Labute approximate surface area is 169 Å². The number of aliphatic hydroxyl groups excluding tert-OH is 1. The molecule has 1 aliphatic carbocycles. The molecule has 1 fully saturated rings. The fraction of sp³-hybridized carbons (Fsp3) is 0.652. The summed E-state index contributed by atoms with van der Waals surface area (Å²) >= 11 is 0. The Kier molecular flexibility index (Phi) is 11.0. The van der Waals surface area contributed by atoms with Gasteiger partial charge in [0.1, 0.15) is 5.78 Å². The maximum atomic E-state index is 12.2. The Bertz CT molecular complexity index is 565. The van der Waals surface area contributed by atoms with Crippen molar-refractivity contribution in [1.29, 1.82) is 0 Å². The topological polar surface area (TPSA) is 83.8 Å². The van der Waals surface area contributed by atoms with Crippen LogP contribution in [-0.2, 0) is 14.3 Å². The first-order valence-electron chi connectivity index (χ1n) is 10.3. The van der Waals surface area contributed by atoms with E-state index in [1.54, 1.807) is 6.08 Å². The Balaban J connectivity index is 2.57. The van der Waals surface area contributed by atoms with Crippen molar-refractivity contribution < 1.29 is 24.5 Å². The molecule has 0 aromatic rings. The van der Waals surface area contributed by atoms with Gasteiger partial charge in [0.25, 0.3) is 0 Å². The van der Waals surface area contributed by atoms with Crippen LogP contribution in [0.3, 0.4) is 0 Å². The second-order valence-corrected chi connectivity index (χ2v) is 7.64. The van der Waals surface area contributed by atoms with Gasteiger partial charge >= 0.3 is 5.97 Å². The molecule has 0 heterocycles. The third kappa shape index (κ3) is 8.11. The number of Topliss-reactive ketones (excluding diaryl/α,β-unsaturated/α-hetero) is 1. The smallest absolute Gasteiger partial charge is 0.305 e. The molecule has 5 heteroatoms. The molecule has 0 unspecified atom stereocenters. The number of hydrogen-bond acceptors (Lipinski definition) is 5. The van der Waals surface area contributed by atoms with Crippen LogP contribution in [0.1, 0.15) is 64.7 Å². The van der Waals surface area contributed by atoms with Crippen molar-refractivity contribution in [1.82, 2.24) is 0 Å². The van der Waals surface area contributed by atoms with Gasteiger partial charge in [0.05, 0.1) is 18.8 Å². The minimum atomic E-state index is -0.935. The number of unbranched alkanes of at least 4 members (excludes halogenated alkanes) is 2. The van der Waals surface area contributed by atoms with Gasteiger partial charge in [-0.15, -0.1) is 6.58 Å². The first-order valence-corrected chi connectivity index (χ1v) is 10.3. The molecule has 0 radical (unpaired) electrons. The summed E-state index contributed by atoms with van der Waals surface area (Å²) in [6.45, 7) is 5.81. The molecule has 0 saturated heterocycles. The molecule has 0 aromatic carbocycles. The van der Waals surface area contributed by atoms with Crippen molar-refractivity contribution in [3.05, 3.63) is 37.0 Å². The number of allylic oxidation sites excluding steroid dienone is 2. The van der Waals surface area contributed by atoms with Crippen molar-refractivity contribution in [3.8, 4) is 0 Å². The van der Waals surface area contributed by atoms with E-state index in [-0.39, 0.29) is 30.0 Å². The van der Waals surface area contributed by atoms with Crippen LogP contribution in [-0.4, -0.2) is 40.8 Å². The zero-order valence-corrected chi connectivity index (χ0v) is 17.3. The summed E-state index contributed by atoms with van der Waals surface area (Å²) in [6, 6.07) is 0. The molecule has 0 aliphatic heterocycles. The molecule has 1 rings (SSSR count). The number of methoxy groups -OCH3 is 1. The monoisotopic (exact) mass is 392 g/mol. The number of carbonyl (C=O) groups excluding carboxylic acids is 2. The molecule has 0 spiro atoms. The van der Waals surface area contributed by atoms with Crippen molar-refractivity contribution in [3.63, 3.8) is 0 Å². The number of rotatable bonds is 13. The minimum Gasteiger partial charge on any atom is -0.469 e. The SMILES string of the molecule is C=C[C@@](O)(C/C=C/[C@H]1[C@H](O)CC(=O)[C@@H]1C/C=C\CCCC(=O)OC)CCCC. The number of esters is 1. The Morgan fingerprint density at radius 3 is 2.71 bits per heavy atom. The van der Waals surface area contributed by atoms with Gasteiger partial charge < -0.3 is 14.9 Å². The lowest BCUT2D eigenvalue weighted by Gasteiger charge is -2.23. The summed E-state index contributed by atoms with van der Waals surface area (Å²) in [5.74, 6) is -0.611. The van der Waals surface area contributed by atoms with E-state index in [2.05, 4.69) is 18.2 Å². The van der Waals surface area contributed by atoms with Crippen LogP contribution >= 0.6 is 0 Å². The quantitative estimate of drug-likeness (QED) is 0.282. The average molecular weight is 393 g/mol. The lowest BCUT2D eigenvalue weighted by atomic mass is 9.88. The van der Waals surface area contributed by atoms with Crippen LogP contribution < -0.4 is 0 Å². The van der Waals surface area contributed by atoms with Crippen molar-refractivity contribution in [2.24, 2.45) is 11.8 Å². The lowest BCUT2D eigenvalue weighted by Crippen LogP contribution is -2.25. The van der Waals surface area contributed by atoms with Crippen molar-refractivity contribution in [2.75, 3.05) is 7.11 Å². The summed E-state index contributed by atoms with van der Waals surface area (Å²) in [5.41, 5.74) is -0.935. The van der Waals surface area contributed by atoms with E-state index >= 15 is 0 Å². The summed E-state index contributed by atoms with van der Waals surface area (Å²) in [6.07, 6.45) is 14.2. The molecule has 158 valence electrons. The van der Waals surface area contributed by atoms with Crippen LogP contribution in [0.4, 0.5) is 0 Å².